The number of carbonyl (C=O) groups is 1. The fourth-order valence-corrected chi connectivity index (χ4v) is 1.99. The van der Waals surface area contributed by atoms with Crippen LogP contribution < -0.4 is 16.8 Å². The van der Waals surface area contributed by atoms with Gasteiger partial charge in [0.15, 0.2) is 0 Å². The topological polar surface area (TPSA) is 90.4 Å². The largest absolute Gasteiger partial charge is 0.398 e. The molecular weight excluding hydrogens is 237 g/mol. The minimum absolute atomic E-state index is 0.0402. The molecule has 98 valence electrons. The number of anilines is 2. The van der Waals surface area contributed by atoms with E-state index in [4.69, 9.17) is 16.2 Å². The maximum atomic E-state index is 13.8. The van der Waals surface area contributed by atoms with Crippen molar-refractivity contribution in [2.24, 2.45) is 5.73 Å². The Hall–Kier alpha value is -1.82. The quantitative estimate of drug-likeness (QED) is 0.703. The number of nitrogens with two attached hydrogens (primary N) is 2. The first-order valence-electron chi connectivity index (χ1n) is 5.66. The highest BCUT2D eigenvalue weighted by molar-refractivity contribution is 5.99. The first kappa shape index (κ1) is 12.6. The van der Waals surface area contributed by atoms with Crippen molar-refractivity contribution >= 4 is 17.3 Å². The second-order valence-electron chi connectivity index (χ2n) is 4.77. The average molecular weight is 253 g/mol. The Balaban J connectivity index is 2.32. The lowest BCUT2D eigenvalue weighted by Crippen LogP contribution is -2.35. The van der Waals surface area contributed by atoms with Crippen LogP contribution in [0.4, 0.5) is 15.8 Å². The Morgan fingerprint density at radius 2 is 2.28 bits per heavy atom. The van der Waals surface area contributed by atoms with Crippen LogP contribution in [0.3, 0.4) is 0 Å². The van der Waals surface area contributed by atoms with E-state index in [1.807, 2.05) is 6.92 Å². The summed E-state index contributed by atoms with van der Waals surface area (Å²) in [4.78, 5) is 11.2. The number of amides is 1. The zero-order chi connectivity index (χ0) is 13.3. The summed E-state index contributed by atoms with van der Waals surface area (Å²) in [7, 11) is 0. The zero-order valence-electron chi connectivity index (χ0n) is 10.1. The summed E-state index contributed by atoms with van der Waals surface area (Å²) in [6, 6.07) is 2.44. The molecule has 1 aromatic carbocycles. The third kappa shape index (κ3) is 2.38. The lowest BCUT2D eigenvalue weighted by Gasteiger charge is -2.25. The van der Waals surface area contributed by atoms with Gasteiger partial charge in [-0.25, -0.2) is 4.39 Å². The van der Waals surface area contributed by atoms with Crippen LogP contribution >= 0.6 is 0 Å². The van der Waals surface area contributed by atoms with Crippen LogP contribution in [-0.4, -0.2) is 24.7 Å². The summed E-state index contributed by atoms with van der Waals surface area (Å²) in [5.74, 6) is -1.19. The molecule has 1 amide bonds. The number of primary amides is 1. The van der Waals surface area contributed by atoms with Gasteiger partial charge in [0.25, 0.3) is 5.91 Å². The summed E-state index contributed by atoms with van der Waals surface area (Å²) in [6.07, 6.45) is 0.767. The molecule has 0 radical (unpaired) electrons. The van der Waals surface area contributed by atoms with Crippen LogP contribution in [0, 0.1) is 5.82 Å². The molecule has 18 heavy (non-hydrogen) atoms. The minimum atomic E-state index is -0.677. The van der Waals surface area contributed by atoms with Gasteiger partial charge in [-0.05, 0) is 25.5 Å². The average Bonchev–Trinajstić information content (AvgIpc) is 2.69. The summed E-state index contributed by atoms with van der Waals surface area (Å²) in [5, 5.41) is 3.04. The number of ether oxygens (including phenoxy) is 1. The van der Waals surface area contributed by atoms with Crippen molar-refractivity contribution < 1.29 is 13.9 Å². The van der Waals surface area contributed by atoms with E-state index in [9.17, 15) is 9.18 Å². The van der Waals surface area contributed by atoms with Crippen molar-refractivity contribution in [2.75, 3.05) is 24.3 Å². The van der Waals surface area contributed by atoms with Crippen LogP contribution in [0.1, 0.15) is 23.7 Å². The maximum Gasteiger partial charge on any atom is 0.250 e. The molecule has 1 atom stereocenters. The van der Waals surface area contributed by atoms with Crippen LogP contribution in [-0.2, 0) is 4.74 Å². The van der Waals surface area contributed by atoms with Gasteiger partial charge in [0.1, 0.15) is 5.82 Å². The fourth-order valence-electron chi connectivity index (χ4n) is 1.99. The van der Waals surface area contributed by atoms with Crippen molar-refractivity contribution in [3.63, 3.8) is 0 Å². The van der Waals surface area contributed by atoms with E-state index in [0.717, 1.165) is 12.5 Å². The lowest BCUT2D eigenvalue weighted by molar-refractivity contribution is 0.100. The van der Waals surface area contributed by atoms with Gasteiger partial charge in [0, 0.05) is 12.3 Å². The van der Waals surface area contributed by atoms with Crippen LogP contribution in [0.2, 0.25) is 0 Å². The maximum absolute atomic E-state index is 13.8. The summed E-state index contributed by atoms with van der Waals surface area (Å²) in [6.45, 7) is 3.05. The lowest BCUT2D eigenvalue weighted by atomic mass is 10.0. The Morgan fingerprint density at radius 3 is 2.83 bits per heavy atom. The van der Waals surface area contributed by atoms with Gasteiger partial charge in [-0.3, -0.25) is 4.79 Å². The van der Waals surface area contributed by atoms with Gasteiger partial charge in [0.2, 0.25) is 0 Å². The van der Waals surface area contributed by atoms with Gasteiger partial charge < -0.3 is 21.5 Å². The van der Waals surface area contributed by atoms with E-state index in [0.29, 0.717) is 13.2 Å². The molecule has 1 saturated heterocycles. The molecule has 6 heteroatoms. The van der Waals surface area contributed by atoms with Crippen molar-refractivity contribution in [1.29, 1.82) is 0 Å². The van der Waals surface area contributed by atoms with E-state index in [1.165, 1.54) is 6.07 Å². The Labute approximate surface area is 104 Å². The molecule has 1 aliphatic heterocycles. The predicted molar refractivity (Wildman–Crippen MR) is 66.8 cm³/mol. The first-order chi connectivity index (χ1) is 8.41. The van der Waals surface area contributed by atoms with Crippen molar-refractivity contribution in [1.82, 2.24) is 0 Å². The molecule has 1 unspecified atom stereocenters. The first-order valence-corrected chi connectivity index (χ1v) is 5.66. The standard InChI is InChI=1S/C12H16FN3O2/c1-12(2-3-18-6-12)16-10-4-7(11(15)17)9(14)5-8(10)13/h4-5,16H,2-3,6,14H2,1H3,(H2,15,17). The van der Waals surface area contributed by atoms with Gasteiger partial charge >= 0.3 is 0 Å². The Morgan fingerprint density at radius 1 is 1.56 bits per heavy atom. The molecule has 1 aromatic rings. The predicted octanol–water partition coefficient (Wildman–Crippen LogP) is 1.10. The molecule has 5 nitrogen and oxygen atoms in total. The molecule has 1 heterocycles. The molecule has 0 aromatic heterocycles. The summed E-state index contributed by atoms with van der Waals surface area (Å²) in [5.41, 5.74) is 10.7. The number of nitrogens with one attached hydrogen (secondary N) is 1. The molecular formula is C12H16FN3O2. The monoisotopic (exact) mass is 253 g/mol. The number of benzene rings is 1. The Kier molecular flexibility index (Phi) is 3.13. The van der Waals surface area contributed by atoms with Crippen LogP contribution in [0.25, 0.3) is 0 Å². The summed E-state index contributed by atoms with van der Waals surface area (Å²) < 4.78 is 19.1. The highest BCUT2D eigenvalue weighted by Crippen LogP contribution is 2.28. The van der Waals surface area contributed by atoms with Crippen LogP contribution in [0.15, 0.2) is 12.1 Å². The van der Waals surface area contributed by atoms with Crippen LogP contribution in [0.5, 0.6) is 0 Å². The number of hydrogen-bond acceptors (Lipinski definition) is 4. The SMILES string of the molecule is CC1(Nc2cc(C(N)=O)c(N)cc2F)CCOC1. The third-order valence-electron chi connectivity index (χ3n) is 3.06. The molecule has 0 aliphatic carbocycles. The van der Waals surface area contributed by atoms with E-state index >= 15 is 0 Å². The van der Waals surface area contributed by atoms with Gasteiger partial charge in [-0.2, -0.15) is 0 Å². The van der Waals surface area contributed by atoms with Gasteiger partial charge in [-0.15, -0.1) is 0 Å². The number of hydrogen-bond donors (Lipinski definition) is 3. The van der Waals surface area contributed by atoms with E-state index in [-0.39, 0.29) is 22.5 Å². The van der Waals surface area contributed by atoms with Gasteiger partial charge in [0.05, 0.1) is 23.4 Å². The molecule has 0 saturated carbocycles. The molecule has 1 aliphatic rings. The van der Waals surface area contributed by atoms with E-state index in [1.54, 1.807) is 0 Å². The molecule has 5 N–H and O–H groups in total. The van der Waals surface area contributed by atoms with E-state index in [2.05, 4.69) is 5.32 Å². The van der Waals surface area contributed by atoms with E-state index < -0.39 is 11.7 Å². The number of rotatable bonds is 3. The Bertz CT molecular complexity index is 484. The summed E-state index contributed by atoms with van der Waals surface area (Å²) >= 11 is 0. The van der Waals surface area contributed by atoms with Crippen molar-refractivity contribution in [2.45, 2.75) is 18.9 Å². The number of halogens is 1. The van der Waals surface area contributed by atoms with Crippen molar-refractivity contribution in [3.8, 4) is 0 Å². The number of carbonyl (C=O) groups excluding carboxylic acids is 1. The third-order valence-corrected chi connectivity index (χ3v) is 3.06. The normalized spacial score (nSPS) is 23.0. The second-order valence-corrected chi connectivity index (χ2v) is 4.77. The van der Waals surface area contributed by atoms with Gasteiger partial charge in [-0.1, -0.05) is 0 Å². The molecule has 0 spiro atoms. The van der Waals surface area contributed by atoms with Crippen molar-refractivity contribution in [3.05, 3.63) is 23.5 Å². The number of nitrogen functional groups attached to an aromatic ring is 1. The highest BCUT2D eigenvalue weighted by Gasteiger charge is 2.30. The molecule has 0 bridgehead atoms. The second kappa shape index (κ2) is 4.45. The highest BCUT2D eigenvalue weighted by atomic mass is 19.1. The zero-order valence-corrected chi connectivity index (χ0v) is 10.1. The minimum Gasteiger partial charge on any atom is -0.398 e. The molecule has 1 fully saturated rings. The fraction of sp³-hybridized carbons (Fsp3) is 0.417. The molecule has 2 rings (SSSR count). The smallest absolute Gasteiger partial charge is 0.250 e.